The van der Waals surface area contributed by atoms with E-state index in [0.717, 1.165) is 5.69 Å². The number of carbonyl (C=O) groups is 1. The van der Waals surface area contributed by atoms with Crippen molar-refractivity contribution in [3.05, 3.63) is 24.0 Å². The van der Waals surface area contributed by atoms with Crippen LogP contribution in [0.1, 0.15) is 19.5 Å². The van der Waals surface area contributed by atoms with Crippen molar-refractivity contribution in [2.45, 2.75) is 20.3 Å². The zero-order chi connectivity index (χ0) is 8.97. The zero-order valence-corrected chi connectivity index (χ0v) is 7.32. The SMILES string of the molecule is CC(=O)C(C)Cc1cccnn1. The van der Waals surface area contributed by atoms with Crippen molar-refractivity contribution in [3.63, 3.8) is 0 Å². The molecule has 0 bridgehead atoms. The Morgan fingerprint density at radius 3 is 2.92 bits per heavy atom. The number of ketones is 1. The summed E-state index contributed by atoms with van der Waals surface area (Å²) < 4.78 is 0. The summed E-state index contributed by atoms with van der Waals surface area (Å²) in [6.07, 6.45) is 2.31. The molecule has 1 aromatic heterocycles. The van der Waals surface area contributed by atoms with Crippen LogP contribution in [0, 0.1) is 5.92 Å². The highest BCUT2D eigenvalue weighted by Crippen LogP contribution is 2.04. The van der Waals surface area contributed by atoms with E-state index < -0.39 is 0 Å². The lowest BCUT2D eigenvalue weighted by Gasteiger charge is -2.04. The van der Waals surface area contributed by atoms with Crippen LogP contribution in [0.15, 0.2) is 18.3 Å². The monoisotopic (exact) mass is 164 g/mol. The number of hydrogen-bond acceptors (Lipinski definition) is 3. The minimum absolute atomic E-state index is 0.0432. The number of carbonyl (C=O) groups excluding carboxylic acids is 1. The average molecular weight is 164 g/mol. The Hall–Kier alpha value is -1.25. The quantitative estimate of drug-likeness (QED) is 0.675. The third-order valence-electron chi connectivity index (χ3n) is 1.84. The fraction of sp³-hybridized carbons (Fsp3) is 0.444. The van der Waals surface area contributed by atoms with Crippen LogP contribution in [-0.2, 0) is 11.2 Å². The summed E-state index contributed by atoms with van der Waals surface area (Å²) in [4.78, 5) is 10.9. The van der Waals surface area contributed by atoms with E-state index in [0.29, 0.717) is 6.42 Å². The number of nitrogens with zero attached hydrogens (tertiary/aromatic N) is 2. The topological polar surface area (TPSA) is 42.9 Å². The van der Waals surface area contributed by atoms with Crippen molar-refractivity contribution in [3.8, 4) is 0 Å². The Morgan fingerprint density at radius 1 is 1.67 bits per heavy atom. The van der Waals surface area contributed by atoms with Crippen molar-refractivity contribution in [1.29, 1.82) is 0 Å². The van der Waals surface area contributed by atoms with Crippen LogP contribution in [0.2, 0.25) is 0 Å². The van der Waals surface area contributed by atoms with Gasteiger partial charge in [0.25, 0.3) is 0 Å². The molecule has 1 atom stereocenters. The fourth-order valence-corrected chi connectivity index (χ4v) is 0.900. The normalized spacial score (nSPS) is 12.5. The highest BCUT2D eigenvalue weighted by atomic mass is 16.1. The predicted octanol–water partition coefficient (Wildman–Crippen LogP) is 1.24. The number of Topliss-reactive ketones (excluding diaryl/α,β-unsaturated/α-hetero) is 1. The largest absolute Gasteiger partial charge is 0.300 e. The van der Waals surface area contributed by atoms with Crippen LogP contribution in [0.3, 0.4) is 0 Å². The minimum atomic E-state index is 0.0432. The second-order valence-corrected chi connectivity index (χ2v) is 2.93. The third kappa shape index (κ3) is 2.42. The highest BCUT2D eigenvalue weighted by molar-refractivity contribution is 5.78. The summed E-state index contributed by atoms with van der Waals surface area (Å²) >= 11 is 0. The fourth-order valence-electron chi connectivity index (χ4n) is 0.900. The molecule has 3 heteroatoms. The van der Waals surface area contributed by atoms with Crippen LogP contribution in [0.4, 0.5) is 0 Å². The van der Waals surface area contributed by atoms with Gasteiger partial charge in [-0.05, 0) is 19.1 Å². The van der Waals surface area contributed by atoms with E-state index in [2.05, 4.69) is 10.2 Å². The van der Waals surface area contributed by atoms with Gasteiger partial charge in [0.2, 0.25) is 0 Å². The average Bonchev–Trinajstić information content (AvgIpc) is 2.06. The van der Waals surface area contributed by atoms with Crippen molar-refractivity contribution in [2.24, 2.45) is 5.92 Å². The maximum absolute atomic E-state index is 10.9. The first-order valence-corrected chi connectivity index (χ1v) is 3.97. The smallest absolute Gasteiger partial charge is 0.133 e. The van der Waals surface area contributed by atoms with Gasteiger partial charge in [-0.1, -0.05) is 6.92 Å². The molecule has 0 aliphatic carbocycles. The van der Waals surface area contributed by atoms with Gasteiger partial charge < -0.3 is 0 Å². The maximum atomic E-state index is 10.9. The van der Waals surface area contributed by atoms with E-state index in [-0.39, 0.29) is 11.7 Å². The van der Waals surface area contributed by atoms with Gasteiger partial charge in [-0.3, -0.25) is 4.79 Å². The molecule has 0 spiro atoms. The lowest BCUT2D eigenvalue weighted by molar-refractivity contribution is -0.120. The van der Waals surface area contributed by atoms with Gasteiger partial charge in [0.1, 0.15) is 5.78 Å². The van der Waals surface area contributed by atoms with Crippen LogP contribution >= 0.6 is 0 Å². The molecule has 64 valence electrons. The van der Waals surface area contributed by atoms with Crippen molar-refractivity contribution in [1.82, 2.24) is 10.2 Å². The molecule has 0 aromatic carbocycles. The van der Waals surface area contributed by atoms with E-state index in [1.807, 2.05) is 19.1 Å². The summed E-state index contributed by atoms with van der Waals surface area (Å²) in [5, 5.41) is 7.63. The van der Waals surface area contributed by atoms with Crippen molar-refractivity contribution < 1.29 is 4.79 Å². The van der Waals surface area contributed by atoms with Gasteiger partial charge in [-0.15, -0.1) is 0 Å². The molecule has 1 aromatic rings. The molecule has 1 heterocycles. The summed E-state index contributed by atoms with van der Waals surface area (Å²) in [5.41, 5.74) is 0.875. The Labute approximate surface area is 71.8 Å². The molecule has 0 N–H and O–H groups in total. The summed E-state index contributed by atoms with van der Waals surface area (Å²) in [6.45, 7) is 3.50. The molecule has 1 unspecified atom stereocenters. The van der Waals surface area contributed by atoms with Gasteiger partial charge in [-0.25, -0.2) is 0 Å². The molecule has 0 fully saturated rings. The van der Waals surface area contributed by atoms with Crippen molar-refractivity contribution >= 4 is 5.78 Å². The summed E-state index contributed by atoms with van der Waals surface area (Å²) in [7, 11) is 0. The molecule has 1 rings (SSSR count). The summed E-state index contributed by atoms with van der Waals surface area (Å²) in [5.74, 6) is 0.238. The van der Waals surface area contributed by atoms with Gasteiger partial charge in [0.05, 0.1) is 5.69 Å². The Morgan fingerprint density at radius 2 is 2.42 bits per heavy atom. The van der Waals surface area contributed by atoms with Gasteiger partial charge in [-0.2, -0.15) is 10.2 Å². The molecular formula is C9H12N2O. The lowest BCUT2D eigenvalue weighted by atomic mass is 10.0. The highest BCUT2D eigenvalue weighted by Gasteiger charge is 2.08. The molecule has 3 nitrogen and oxygen atoms in total. The van der Waals surface area contributed by atoms with E-state index in [4.69, 9.17) is 0 Å². The van der Waals surface area contributed by atoms with Crippen LogP contribution < -0.4 is 0 Å². The molecule has 12 heavy (non-hydrogen) atoms. The predicted molar refractivity (Wildman–Crippen MR) is 45.6 cm³/mol. The maximum Gasteiger partial charge on any atom is 0.133 e. The lowest BCUT2D eigenvalue weighted by Crippen LogP contribution is -2.10. The van der Waals surface area contributed by atoms with Crippen LogP contribution in [0.5, 0.6) is 0 Å². The molecule has 0 saturated carbocycles. The second-order valence-electron chi connectivity index (χ2n) is 2.93. The molecule has 0 aliphatic rings. The first-order valence-electron chi connectivity index (χ1n) is 3.97. The summed E-state index contributed by atoms with van der Waals surface area (Å²) in [6, 6.07) is 3.71. The van der Waals surface area contributed by atoms with Crippen LogP contribution in [-0.4, -0.2) is 16.0 Å². The number of rotatable bonds is 3. The standard InChI is InChI=1S/C9H12N2O/c1-7(8(2)12)6-9-4-3-5-10-11-9/h3-5,7H,6H2,1-2H3. The van der Waals surface area contributed by atoms with E-state index in [1.54, 1.807) is 13.1 Å². The van der Waals surface area contributed by atoms with E-state index in [9.17, 15) is 4.79 Å². The van der Waals surface area contributed by atoms with Crippen LogP contribution in [0.25, 0.3) is 0 Å². The number of hydrogen-bond donors (Lipinski definition) is 0. The van der Waals surface area contributed by atoms with Crippen molar-refractivity contribution in [2.75, 3.05) is 0 Å². The zero-order valence-electron chi connectivity index (χ0n) is 7.32. The molecule has 0 radical (unpaired) electrons. The first-order chi connectivity index (χ1) is 5.70. The van der Waals surface area contributed by atoms with Gasteiger partial charge in [0.15, 0.2) is 0 Å². The van der Waals surface area contributed by atoms with E-state index in [1.165, 1.54) is 0 Å². The Kier molecular flexibility index (Phi) is 2.91. The molecule has 0 amide bonds. The molecule has 0 saturated heterocycles. The molecular weight excluding hydrogens is 152 g/mol. The first kappa shape index (κ1) is 8.84. The second kappa shape index (κ2) is 3.95. The Balaban J connectivity index is 2.58. The van der Waals surface area contributed by atoms with Gasteiger partial charge in [0, 0.05) is 18.5 Å². The molecule has 0 aliphatic heterocycles. The number of aromatic nitrogens is 2. The third-order valence-corrected chi connectivity index (χ3v) is 1.84. The Bertz CT molecular complexity index is 258. The van der Waals surface area contributed by atoms with E-state index >= 15 is 0 Å². The van der Waals surface area contributed by atoms with Gasteiger partial charge >= 0.3 is 0 Å². The minimum Gasteiger partial charge on any atom is -0.300 e.